The van der Waals surface area contributed by atoms with Gasteiger partial charge in [-0.3, -0.25) is 9.59 Å². The van der Waals surface area contributed by atoms with Crippen molar-refractivity contribution in [3.05, 3.63) is 29.8 Å². The number of ether oxygens (including phenoxy) is 1. The van der Waals surface area contributed by atoms with E-state index in [9.17, 15) is 9.59 Å². The topological polar surface area (TPSA) is 70.7 Å². The molecule has 6 heteroatoms. The minimum absolute atomic E-state index is 0.0171. The number of anilines is 1. The van der Waals surface area contributed by atoms with Crippen LogP contribution in [-0.4, -0.2) is 56.6 Å². The zero-order chi connectivity index (χ0) is 16.7. The first kappa shape index (κ1) is 17.4. The van der Waals surface area contributed by atoms with Crippen LogP contribution >= 0.6 is 0 Å². The monoisotopic (exact) mass is 319 g/mol. The summed E-state index contributed by atoms with van der Waals surface area (Å²) in [5.41, 5.74) is 1.70. The van der Waals surface area contributed by atoms with Gasteiger partial charge in [-0.2, -0.15) is 0 Å². The van der Waals surface area contributed by atoms with Crippen LogP contribution in [-0.2, 0) is 20.7 Å². The zero-order valence-electron chi connectivity index (χ0n) is 13.8. The van der Waals surface area contributed by atoms with Crippen molar-refractivity contribution in [1.82, 2.24) is 10.2 Å². The zero-order valence-corrected chi connectivity index (χ0v) is 13.8. The van der Waals surface area contributed by atoms with Crippen LogP contribution in [0.4, 0.5) is 5.69 Å². The van der Waals surface area contributed by atoms with Crippen molar-refractivity contribution in [2.24, 2.45) is 5.92 Å². The van der Waals surface area contributed by atoms with Crippen LogP contribution in [0.3, 0.4) is 0 Å². The highest BCUT2D eigenvalue weighted by Gasteiger charge is 2.17. The number of rotatable bonds is 6. The van der Waals surface area contributed by atoms with Gasteiger partial charge in [0.15, 0.2) is 0 Å². The third kappa shape index (κ3) is 5.33. The predicted octanol–water partition coefficient (Wildman–Crippen LogP) is 0.882. The van der Waals surface area contributed by atoms with Gasteiger partial charge in [-0.25, -0.2) is 0 Å². The van der Waals surface area contributed by atoms with Crippen LogP contribution in [0.2, 0.25) is 0 Å². The van der Waals surface area contributed by atoms with Crippen molar-refractivity contribution < 1.29 is 14.3 Å². The number of hydrogen-bond donors (Lipinski definition) is 2. The molecule has 1 aliphatic heterocycles. The SMILES string of the molecule is CNCC(C)C(=O)Nc1ccc(CC(=O)N2CCOCC2)cc1. The smallest absolute Gasteiger partial charge is 0.228 e. The van der Waals surface area contributed by atoms with Gasteiger partial charge < -0.3 is 20.3 Å². The Hall–Kier alpha value is -1.92. The first-order valence-electron chi connectivity index (χ1n) is 8.00. The molecule has 0 radical (unpaired) electrons. The van der Waals surface area contributed by atoms with E-state index in [1.54, 1.807) is 0 Å². The molecule has 2 amide bonds. The van der Waals surface area contributed by atoms with Crippen molar-refractivity contribution in [3.8, 4) is 0 Å². The molecule has 1 unspecified atom stereocenters. The Bertz CT molecular complexity index is 524. The largest absolute Gasteiger partial charge is 0.378 e. The molecule has 1 heterocycles. The molecule has 0 aliphatic carbocycles. The first-order chi connectivity index (χ1) is 11.1. The van der Waals surface area contributed by atoms with Gasteiger partial charge in [-0.15, -0.1) is 0 Å². The number of morpholine rings is 1. The summed E-state index contributed by atoms with van der Waals surface area (Å²) in [7, 11) is 1.82. The Morgan fingerprint density at radius 3 is 2.48 bits per heavy atom. The lowest BCUT2D eigenvalue weighted by Crippen LogP contribution is -2.41. The molecule has 2 N–H and O–H groups in total. The summed E-state index contributed by atoms with van der Waals surface area (Å²) in [5, 5.41) is 5.86. The third-order valence-electron chi connectivity index (χ3n) is 3.90. The number of hydrogen-bond acceptors (Lipinski definition) is 4. The van der Waals surface area contributed by atoms with Crippen LogP contribution in [0.5, 0.6) is 0 Å². The fourth-order valence-corrected chi connectivity index (χ4v) is 2.47. The second-order valence-electron chi connectivity index (χ2n) is 5.81. The van der Waals surface area contributed by atoms with Crippen LogP contribution in [0.1, 0.15) is 12.5 Å². The molecule has 0 bridgehead atoms. The highest BCUT2D eigenvalue weighted by molar-refractivity contribution is 5.92. The summed E-state index contributed by atoms with van der Waals surface area (Å²) in [5.74, 6) is 0.00629. The highest BCUT2D eigenvalue weighted by atomic mass is 16.5. The normalized spacial score (nSPS) is 16.0. The van der Waals surface area contributed by atoms with E-state index in [-0.39, 0.29) is 17.7 Å². The predicted molar refractivity (Wildman–Crippen MR) is 89.3 cm³/mol. The maximum Gasteiger partial charge on any atom is 0.228 e. The van der Waals surface area contributed by atoms with E-state index in [0.717, 1.165) is 11.3 Å². The number of carbonyl (C=O) groups excluding carboxylic acids is 2. The van der Waals surface area contributed by atoms with Gasteiger partial charge in [-0.1, -0.05) is 19.1 Å². The molecular formula is C17H25N3O3. The molecule has 6 nitrogen and oxygen atoms in total. The average Bonchev–Trinajstić information content (AvgIpc) is 2.57. The summed E-state index contributed by atoms with van der Waals surface area (Å²) >= 11 is 0. The van der Waals surface area contributed by atoms with Gasteiger partial charge in [0.05, 0.1) is 19.6 Å². The van der Waals surface area contributed by atoms with Gasteiger partial charge in [0.25, 0.3) is 0 Å². The molecular weight excluding hydrogens is 294 g/mol. The van der Waals surface area contributed by atoms with Crippen molar-refractivity contribution >= 4 is 17.5 Å². The van der Waals surface area contributed by atoms with Gasteiger partial charge in [0.1, 0.15) is 0 Å². The van der Waals surface area contributed by atoms with Crippen LogP contribution in [0.15, 0.2) is 24.3 Å². The molecule has 2 rings (SSSR count). The molecule has 126 valence electrons. The maximum absolute atomic E-state index is 12.2. The minimum atomic E-state index is -0.0948. The second-order valence-corrected chi connectivity index (χ2v) is 5.81. The minimum Gasteiger partial charge on any atom is -0.378 e. The number of nitrogens with zero attached hydrogens (tertiary/aromatic N) is 1. The Kier molecular flexibility index (Phi) is 6.55. The Labute approximate surface area is 137 Å². The van der Waals surface area contributed by atoms with E-state index in [4.69, 9.17) is 4.74 Å². The number of benzene rings is 1. The van der Waals surface area contributed by atoms with Gasteiger partial charge >= 0.3 is 0 Å². The fraction of sp³-hybridized carbons (Fsp3) is 0.529. The average molecular weight is 319 g/mol. The summed E-state index contributed by atoms with van der Waals surface area (Å²) in [6.07, 6.45) is 0.379. The molecule has 1 fully saturated rings. The summed E-state index contributed by atoms with van der Waals surface area (Å²) in [6, 6.07) is 7.45. The van der Waals surface area contributed by atoms with E-state index in [1.165, 1.54) is 0 Å². The van der Waals surface area contributed by atoms with E-state index >= 15 is 0 Å². The number of nitrogens with one attached hydrogen (secondary N) is 2. The lowest BCUT2D eigenvalue weighted by Gasteiger charge is -2.26. The van der Waals surface area contributed by atoms with E-state index in [1.807, 2.05) is 43.1 Å². The first-order valence-corrected chi connectivity index (χ1v) is 8.00. The Morgan fingerprint density at radius 2 is 1.87 bits per heavy atom. The van der Waals surface area contributed by atoms with Crippen molar-refractivity contribution in [2.45, 2.75) is 13.3 Å². The van der Waals surface area contributed by atoms with Gasteiger partial charge in [-0.05, 0) is 24.7 Å². The third-order valence-corrected chi connectivity index (χ3v) is 3.90. The molecule has 1 aliphatic rings. The Balaban J connectivity index is 1.86. The van der Waals surface area contributed by atoms with Crippen LogP contribution in [0, 0.1) is 5.92 Å². The second kappa shape index (κ2) is 8.64. The van der Waals surface area contributed by atoms with Crippen molar-refractivity contribution in [3.63, 3.8) is 0 Å². The van der Waals surface area contributed by atoms with Crippen molar-refractivity contribution in [2.75, 3.05) is 45.2 Å². The van der Waals surface area contributed by atoms with E-state index in [0.29, 0.717) is 39.3 Å². The fourth-order valence-electron chi connectivity index (χ4n) is 2.47. The maximum atomic E-state index is 12.2. The number of amides is 2. The molecule has 0 spiro atoms. The lowest BCUT2D eigenvalue weighted by molar-refractivity contribution is -0.134. The quantitative estimate of drug-likeness (QED) is 0.817. The van der Waals surface area contributed by atoms with Gasteiger partial charge in [0.2, 0.25) is 11.8 Å². The molecule has 23 heavy (non-hydrogen) atoms. The summed E-state index contributed by atoms with van der Waals surface area (Å²) in [4.78, 5) is 26.0. The molecule has 0 aromatic heterocycles. The van der Waals surface area contributed by atoms with Gasteiger partial charge in [0, 0.05) is 31.2 Å². The highest BCUT2D eigenvalue weighted by Crippen LogP contribution is 2.12. The molecule has 1 atom stereocenters. The summed E-state index contributed by atoms with van der Waals surface area (Å²) in [6.45, 7) is 5.06. The summed E-state index contributed by atoms with van der Waals surface area (Å²) < 4.78 is 5.25. The molecule has 0 saturated carbocycles. The molecule has 1 saturated heterocycles. The number of carbonyl (C=O) groups is 2. The Morgan fingerprint density at radius 1 is 1.22 bits per heavy atom. The lowest BCUT2D eigenvalue weighted by atomic mass is 10.1. The standard InChI is InChI=1S/C17H25N3O3/c1-13(12-18-2)17(22)19-15-5-3-14(4-6-15)11-16(21)20-7-9-23-10-8-20/h3-6,13,18H,7-12H2,1-2H3,(H,19,22). The van der Waals surface area contributed by atoms with Crippen LogP contribution in [0.25, 0.3) is 0 Å². The van der Waals surface area contributed by atoms with Crippen molar-refractivity contribution in [1.29, 1.82) is 0 Å². The molecule has 1 aromatic carbocycles. The molecule has 1 aromatic rings. The van der Waals surface area contributed by atoms with E-state index < -0.39 is 0 Å². The van der Waals surface area contributed by atoms with Crippen LogP contribution < -0.4 is 10.6 Å². The van der Waals surface area contributed by atoms with E-state index in [2.05, 4.69) is 10.6 Å².